The van der Waals surface area contributed by atoms with Crippen molar-refractivity contribution in [1.29, 1.82) is 0 Å². The topological polar surface area (TPSA) is 78.4 Å². The number of aryl methyl sites for hydroxylation is 1. The van der Waals surface area contributed by atoms with Gasteiger partial charge in [0.1, 0.15) is 0 Å². The molecule has 0 atom stereocenters. The number of rotatable bonds is 7. The molecule has 0 radical (unpaired) electrons. The van der Waals surface area contributed by atoms with Crippen LogP contribution >= 0.6 is 0 Å². The molecule has 2 aromatic carbocycles. The second-order valence-electron chi connectivity index (χ2n) is 9.44. The normalized spacial score (nSPS) is 16.6. The van der Waals surface area contributed by atoms with Crippen LogP contribution in [-0.2, 0) is 16.0 Å². The Balaban J connectivity index is 1.05. The van der Waals surface area contributed by atoms with Gasteiger partial charge in [-0.15, -0.1) is 5.10 Å². The molecule has 2 fully saturated rings. The van der Waals surface area contributed by atoms with E-state index in [1.165, 1.54) is 11.1 Å². The lowest BCUT2D eigenvalue weighted by Crippen LogP contribution is -2.52. The highest BCUT2D eigenvalue weighted by Crippen LogP contribution is 2.30. The number of carbonyl (C=O) groups is 2. The molecule has 5 rings (SSSR count). The van der Waals surface area contributed by atoms with E-state index in [0.717, 1.165) is 43.9 Å². The lowest BCUT2D eigenvalue weighted by molar-refractivity contribution is -0.132. The van der Waals surface area contributed by atoms with Crippen LogP contribution in [0.3, 0.4) is 0 Å². The third-order valence-electron chi connectivity index (χ3n) is 7.10. The third-order valence-corrected chi connectivity index (χ3v) is 7.10. The predicted molar refractivity (Wildman–Crippen MR) is 136 cm³/mol. The summed E-state index contributed by atoms with van der Waals surface area (Å²) < 4.78 is 0. The monoisotopic (exact) mass is 469 g/mol. The first-order valence-corrected chi connectivity index (χ1v) is 12.4. The van der Waals surface area contributed by atoms with Crippen molar-refractivity contribution >= 4 is 23.3 Å². The molecule has 3 heterocycles. The van der Waals surface area contributed by atoms with Crippen molar-refractivity contribution in [2.75, 3.05) is 36.4 Å². The molecule has 2 saturated heterocycles. The van der Waals surface area contributed by atoms with E-state index in [9.17, 15) is 9.59 Å². The Bertz CT molecular complexity index is 1120. The summed E-state index contributed by atoms with van der Waals surface area (Å²) in [6.07, 6.45) is 4.96. The number of likely N-dealkylation sites (tertiary alicyclic amines) is 1. The van der Waals surface area contributed by atoms with Crippen LogP contribution in [0.2, 0.25) is 0 Å². The lowest BCUT2D eigenvalue weighted by Gasteiger charge is -2.38. The van der Waals surface area contributed by atoms with E-state index in [-0.39, 0.29) is 17.7 Å². The van der Waals surface area contributed by atoms with Crippen LogP contribution in [0.15, 0.2) is 72.9 Å². The summed E-state index contributed by atoms with van der Waals surface area (Å²) in [6, 6.07) is 22.1. The summed E-state index contributed by atoms with van der Waals surface area (Å²) in [5.74, 6) is 1.51. The molecule has 0 spiro atoms. The van der Waals surface area contributed by atoms with Crippen molar-refractivity contribution < 1.29 is 9.59 Å². The second-order valence-corrected chi connectivity index (χ2v) is 9.44. The van der Waals surface area contributed by atoms with Crippen LogP contribution in [0, 0.1) is 5.92 Å². The van der Waals surface area contributed by atoms with Crippen molar-refractivity contribution in [3.8, 4) is 0 Å². The highest BCUT2D eigenvalue weighted by molar-refractivity contribution is 5.94. The maximum absolute atomic E-state index is 12.6. The van der Waals surface area contributed by atoms with Crippen LogP contribution in [-0.4, -0.2) is 53.1 Å². The number of aromatic nitrogens is 2. The third kappa shape index (κ3) is 5.67. The number of nitrogens with one attached hydrogen (secondary N) is 1. The van der Waals surface area contributed by atoms with E-state index in [0.29, 0.717) is 25.4 Å². The molecule has 0 unspecified atom stereocenters. The minimum atomic E-state index is -0.0413. The van der Waals surface area contributed by atoms with Crippen molar-refractivity contribution in [3.63, 3.8) is 0 Å². The van der Waals surface area contributed by atoms with E-state index in [1.54, 1.807) is 6.20 Å². The Morgan fingerprint density at radius 1 is 0.914 bits per heavy atom. The first-order valence-electron chi connectivity index (χ1n) is 12.4. The molecule has 3 aromatic rings. The number of piperidine rings is 1. The standard InChI is InChI=1S/C28H31N5O2/c34-27(13-8-21-5-2-1-3-6-21)32-17-14-23(15-18-32)22-9-11-25(12-10-22)30-28(35)24-19-33(20-24)26-7-4-16-29-31-26/h1-7,9-12,16,23-24H,8,13-15,17-20H2,(H,30,35). The van der Waals surface area contributed by atoms with Crippen molar-refractivity contribution in [1.82, 2.24) is 15.1 Å². The maximum Gasteiger partial charge on any atom is 0.231 e. The van der Waals surface area contributed by atoms with Gasteiger partial charge in [0.2, 0.25) is 11.8 Å². The number of hydrogen-bond donors (Lipinski definition) is 1. The molecule has 2 aliphatic heterocycles. The van der Waals surface area contributed by atoms with Crippen LogP contribution in [0.5, 0.6) is 0 Å². The predicted octanol–water partition coefficient (Wildman–Crippen LogP) is 3.89. The van der Waals surface area contributed by atoms with Gasteiger partial charge in [-0.3, -0.25) is 9.59 Å². The number of amides is 2. The first kappa shape index (κ1) is 23.0. The van der Waals surface area contributed by atoms with Crippen molar-refractivity contribution in [3.05, 3.63) is 84.1 Å². The Kier molecular flexibility index (Phi) is 7.02. The molecule has 1 N–H and O–H groups in total. The molecule has 180 valence electrons. The van der Waals surface area contributed by atoms with E-state index in [1.807, 2.05) is 47.4 Å². The van der Waals surface area contributed by atoms with Gasteiger partial charge in [-0.25, -0.2) is 0 Å². The average Bonchev–Trinajstić information content (AvgIpc) is 2.88. The van der Waals surface area contributed by atoms with Crippen LogP contribution in [0.1, 0.15) is 36.3 Å². The summed E-state index contributed by atoms with van der Waals surface area (Å²) in [4.78, 5) is 29.3. The first-order chi connectivity index (χ1) is 17.2. The molecule has 35 heavy (non-hydrogen) atoms. The van der Waals surface area contributed by atoms with Gasteiger partial charge in [-0.2, -0.15) is 5.10 Å². The molecule has 0 aliphatic carbocycles. The largest absolute Gasteiger partial charge is 0.353 e. The minimum absolute atomic E-state index is 0.0413. The molecule has 2 amide bonds. The zero-order chi connectivity index (χ0) is 24.0. The summed E-state index contributed by atoms with van der Waals surface area (Å²) in [7, 11) is 0. The zero-order valence-corrected chi connectivity index (χ0v) is 19.8. The highest BCUT2D eigenvalue weighted by atomic mass is 16.2. The van der Waals surface area contributed by atoms with Gasteiger partial charge in [0.15, 0.2) is 5.82 Å². The van der Waals surface area contributed by atoms with Crippen LogP contribution < -0.4 is 10.2 Å². The second kappa shape index (κ2) is 10.7. The van der Waals surface area contributed by atoms with Gasteiger partial charge in [0.25, 0.3) is 0 Å². The smallest absolute Gasteiger partial charge is 0.231 e. The van der Waals surface area contributed by atoms with Crippen LogP contribution in [0.4, 0.5) is 11.5 Å². The Labute approximate surface area is 206 Å². The van der Waals surface area contributed by atoms with Crippen molar-refractivity contribution in [2.45, 2.75) is 31.6 Å². The van der Waals surface area contributed by atoms with E-state index < -0.39 is 0 Å². The van der Waals surface area contributed by atoms with E-state index in [4.69, 9.17) is 0 Å². The van der Waals surface area contributed by atoms with E-state index in [2.05, 4.69) is 44.7 Å². The van der Waals surface area contributed by atoms with Gasteiger partial charge in [0.05, 0.1) is 5.92 Å². The minimum Gasteiger partial charge on any atom is -0.353 e. The van der Waals surface area contributed by atoms with Crippen molar-refractivity contribution in [2.24, 2.45) is 5.92 Å². The fourth-order valence-electron chi connectivity index (χ4n) is 4.89. The summed E-state index contributed by atoms with van der Waals surface area (Å²) >= 11 is 0. The maximum atomic E-state index is 12.6. The SMILES string of the molecule is O=C(Nc1ccc(C2CCN(C(=O)CCc3ccccc3)CC2)cc1)C1CN(c2cccnn2)C1. The number of benzene rings is 2. The number of carbonyl (C=O) groups excluding carboxylic acids is 2. The van der Waals surface area contributed by atoms with Gasteiger partial charge < -0.3 is 15.1 Å². The van der Waals surface area contributed by atoms with Gasteiger partial charge >= 0.3 is 0 Å². The Morgan fingerprint density at radius 3 is 2.34 bits per heavy atom. The Morgan fingerprint density at radius 2 is 1.66 bits per heavy atom. The zero-order valence-electron chi connectivity index (χ0n) is 19.8. The molecule has 7 nitrogen and oxygen atoms in total. The highest BCUT2D eigenvalue weighted by Gasteiger charge is 2.33. The van der Waals surface area contributed by atoms with Crippen LogP contribution in [0.25, 0.3) is 0 Å². The molecule has 0 bridgehead atoms. The molecule has 1 aromatic heterocycles. The number of hydrogen-bond acceptors (Lipinski definition) is 5. The fourth-order valence-corrected chi connectivity index (χ4v) is 4.89. The van der Waals surface area contributed by atoms with Gasteiger partial charge in [-0.05, 0) is 60.6 Å². The molecular formula is C28H31N5O2. The lowest BCUT2D eigenvalue weighted by atomic mass is 9.89. The fraction of sp³-hybridized carbons (Fsp3) is 0.357. The summed E-state index contributed by atoms with van der Waals surface area (Å²) in [5, 5.41) is 11.0. The summed E-state index contributed by atoms with van der Waals surface area (Å²) in [6.45, 7) is 2.93. The van der Waals surface area contributed by atoms with E-state index >= 15 is 0 Å². The van der Waals surface area contributed by atoms with Gasteiger partial charge in [0, 0.05) is 44.5 Å². The molecular weight excluding hydrogens is 438 g/mol. The summed E-state index contributed by atoms with van der Waals surface area (Å²) in [5.41, 5.74) is 3.31. The number of anilines is 2. The average molecular weight is 470 g/mol. The van der Waals surface area contributed by atoms with Gasteiger partial charge in [-0.1, -0.05) is 42.5 Å². The quantitative estimate of drug-likeness (QED) is 0.568. The Hall–Kier alpha value is -3.74. The molecule has 0 saturated carbocycles. The number of nitrogens with zero attached hydrogens (tertiary/aromatic N) is 4. The molecule has 2 aliphatic rings. The molecule has 7 heteroatoms.